The van der Waals surface area contributed by atoms with Gasteiger partial charge < -0.3 is 34.6 Å². The van der Waals surface area contributed by atoms with E-state index in [1.165, 1.54) is 0 Å². The highest BCUT2D eigenvalue weighted by Crippen LogP contribution is 2.29. The highest BCUT2D eigenvalue weighted by atomic mass is 16.7. The number of Topliss-reactive ketones (excluding diaryl/α,β-unsaturated/α-hetero) is 1. The first-order chi connectivity index (χ1) is 12.3. The molecular weight excluding hydrogens is 356 g/mol. The van der Waals surface area contributed by atoms with E-state index in [0.717, 1.165) is 16.8 Å². The number of aliphatic hydroxyl groups is 4. The molecule has 1 aromatic rings. The molecule has 2 aliphatic rings. The lowest BCUT2D eigenvalue weighted by molar-refractivity contribution is -0.244. The number of aromatic amines is 1. The molecule has 2 saturated heterocycles. The van der Waals surface area contributed by atoms with Crippen LogP contribution in [0.2, 0.25) is 0 Å². The Kier molecular flexibility index (Phi) is 5.34. The molecule has 0 aromatic carbocycles. The third kappa shape index (κ3) is 3.48. The van der Waals surface area contributed by atoms with Crippen LogP contribution in [0.4, 0.5) is 0 Å². The van der Waals surface area contributed by atoms with Crippen molar-refractivity contribution >= 4 is 5.78 Å². The van der Waals surface area contributed by atoms with Crippen LogP contribution in [0, 0.1) is 0 Å². The molecule has 3 rings (SSSR count). The molecule has 12 nitrogen and oxygen atoms in total. The summed E-state index contributed by atoms with van der Waals surface area (Å²) in [5.74, 6) is -0.692. The van der Waals surface area contributed by atoms with Crippen LogP contribution in [-0.2, 0) is 19.0 Å². The smallest absolute Gasteiger partial charge is 0.330 e. The Labute approximate surface area is 145 Å². The maximum atomic E-state index is 11.8. The van der Waals surface area contributed by atoms with Crippen molar-refractivity contribution in [1.29, 1.82) is 0 Å². The molecule has 5 N–H and O–H groups in total. The maximum absolute atomic E-state index is 11.8. The SMILES string of the molecule is O=C1CO[C@H](OC[C@@H]2O[C@@H](n3ccc(=O)[nH]c3=O)[C@@H](O)[C@H]2O)[C@@H](O)[C@H]1O. The zero-order valence-corrected chi connectivity index (χ0v) is 13.3. The number of nitrogens with one attached hydrogen (secondary N) is 1. The summed E-state index contributed by atoms with van der Waals surface area (Å²) < 4.78 is 16.5. The molecule has 2 aliphatic heterocycles. The van der Waals surface area contributed by atoms with Gasteiger partial charge in [-0.05, 0) is 0 Å². The van der Waals surface area contributed by atoms with Crippen molar-refractivity contribution in [3.8, 4) is 0 Å². The van der Waals surface area contributed by atoms with Crippen LogP contribution in [0.1, 0.15) is 6.23 Å². The lowest BCUT2D eigenvalue weighted by atomic mass is 10.1. The quantitative estimate of drug-likeness (QED) is 0.347. The fraction of sp³-hybridized carbons (Fsp3) is 0.643. The van der Waals surface area contributed by atoms with Gasteiger partial charge in [0.05, 0.1) is 6.61 Å². The number of aromatic nitrogens is 2. The summed E-state index contributed by atoms with van der Waals surface area (Å²) in [7, 11) is 0. The Morgan fingerprint density at radius 3 is 2.58 bits per heavy atom. The van der Waals surface area contributed by atoms with Gasteiger partial charge >= 0.3 is 5.69 Å². The normalized spacial score (nSPS) is 37.8. The standard InChI is InChI=1S/C14H18N2O10/c17-5-3-24-13(11(22)8(5)19)25-4-6-9(20)10(21)12(26-6)16-2-1-7(18)15-14(16)23/h1-2,6,8-13,19-22H,3-4H2,(H,15,18,23)/t6-,8-,9-,10-,11-,12+,13+/m0/s1. The fourth-order valence-electron chi connectivity index (χ4n) is 2.75. The molecule has 0 radical (unpaired) electrons. The van der Waals surface area contributed by atoms with Crippen molar-refractivity contribution in [3.05, 3.63) is 33.1 Å². The number of aliphatic hydroxyl groups excluding tert-OH is 4. The molecule has 7 atom stereocenters. The lowest BCUT2D eigenvalue weighted by Gasteiger charge is -2.31. The van der Waals surface area contributed by atoms with Gasteiger partial charge in [-0.15, -0.1) is 0 Å². The van der Waals surface area contributed by atoms with Crippen LogP contribution in [-0.4, -0.2) is 85.8 Å². The largest absolute Gasteiger partial charge is 0.387 e. The minimum atomic E-state index is -1.65. The van der Waals surface area contributed by atoms with Crippen molar-refractivity contribution in [2.24, 2.45) is 0 Å². The van der Waals surface area contributed by atoms with Gasteiger partial charge in [-0.2, -0.15) is 0 Å². The molecule has 0 amide bonds. The van der Waals surface area contributed by atoms with E-state index in [1.807, 2.05) is 4.98 Å². The van der Waals surface area contributed by atoms with Crippen LogP contribution >= 0.6 is 0 Å². The zero-order valence-electron chi connectivity index (χ0n) is 13.3. The van der Waals surface area contributed by atoms with Gasteiger partial charge in [-0.1, -0.05) is 0 Å². The Morgan fingerprint density at radius 1 is 1.15 bits per heavy atom. The van der Waals surface area contributed by atoms with Gasteiger partial charge in [0.25, 0.3) is 5.56 Å². The van der Waals surface area contributed by atoms with Crippen molar-refractivity contribution < 1.29 is 39.4 Å². The van der Waals surface area contributed by atoms with Crippen molar-refractivity contribution in [2.45, 2.75) is 43.0 Å². The minimum Gasteiger partial charge on any atom is -0.387 e. The molecule has 0 bridgehead atoms. The Balaban J connectivity index is 1.66. The summed E-state index contributed by atoms with van der Waals surface area (Å²) >= 11 is 0. The van der Waals surface area contributed by atoms with E-state index in [4.69, 9.17) is 14.2 Å². The lowest BCUT2D eigenvalue weighted by Crippen LogP contribution is -2.52. The van der Waals surface area contributed by atoms with E-state index >= 15 is 0 Å². The first-order valence-corrected chi connectivity index (χ1v) is 7.74. The van der Waals surface area contributed by atoms with E-state index in [9.17, 15) is 34.8 Å². The molecule has 0 saturated carbocycles. The monoisotopic (exact) mass is 374 g/mol. The second kappa shape index (κ2) is 7.36. The number of rotatable bonds is 4. The predicted octanol–water partition coefficient (Wildman–Crippen LogP) is -4.18. The summed E-state index contributed by atoms with van der Waals surface area (Å²) in [5.41, 5.74) is -1.46. The van der Waals surface area contributed by atoms with E-state index in [2.05, 4.69) is 0 Å². The number of carbonyl (C=O) groups is 1. The summed E-state index contributed by atoms with van der Waals surface area (Å²) in [6.45, 7) is -0.815. The Hall–Kier alpha value is -1.93. The highest BCUT2D eigenvalue weighted by Gasteiger charge is 2.45. The molecular formula is C14H18N2O10. The Morgan fingerprint density at radius 2 is 1.88 bits per heavy atom. The summed E-state index contributed by atoms with van der Waals surface area (Å²) in [6, 6.07) is 1.05. The van der Waals surface area contributed by atoms with Crippen molar-refractivity contribution in [2.75, 3.05) is 13.2 Å². The summed E-state index contributed by atoms with van der Waals surface area (Å²) in [4.78, 5) is 36.1. The van der Waals surface area contributed by atoms with Gasteiger partial charge in [-0.3, -0.25) is 19.1 Å². The van der Waals surface area contributed by atoms with Crippen LogP contribution in [0.15, 0.2) is 21.9 Å². The predicted molar refractivity (Wildman–Crippen MR) is 80.0 cm³/mol. The van der Waals surface area contributed by atoms with E-state index in [0.29, 0.717) is 0 Å². The van der Waals surface area contributed by atoms with Crippen LogP contribution in [0.5, 0.6) is 0 Å². The van der Waals surface area contributed by atoms with Gasteiger partial charge in [0, 0.05) is 12.3 Å². The van der Waals surface area contributed by atoms with Gasteiger partial charge in [0.15, 0.2) is 18.3 Å². The van der Waals surface area contributed by atoms with Crippen LogP contribution in [0.25, 0.3) is 0 Å². The van der Waals surface area contributed by atoms with E-state index in [1.54, 1.807) is 0 Å². The number of ketones is 1. The molecule has 144 valence electrons. The van der Waals surface area contributed by atoms with Crippen LogP contribution in [0.3, 0.4) is 0 Å². The Bertz CT molecular complexity index is 775. The molecule has 0 spiro atoms. The number of ether oxygens (including phenoxy) is 3. The second-order valence-electron chi connectivity index (χ2n) is 5.98. The average molecular weight is 374 g/mol. The first-order valence-electron chi connectivity index (χ1n) is 7.74. The van der Waals surface area contributed by atoms with Gasteiger partial charge in [0.2, 0.25) is 0 Å². The number of carbonyl (C=O) groups excluding carboxylic acids is 1. The van der Waals surface area contributed by atoms with Crippen molar-refractivity contribution in [1.82, 2.24) is 9.55 Å². The summed E-state index contributed by atoms with van der Waals surface area (Å²) in [5, 5.41) is 39.4. The molecule has 2 fully saturated rings. The summed E-state index contributed by atoms with van der Waals surface area (Å²) in [6.07, 6.45) is -8.78. The van der Waals surface area contributed by atoms with E-state index < -0.39 is 66.7 Å². The molecule has 1 aromatic heterocycles. The van der Waals surface area contributed by atoms with Crippen molar-refractivity contribution in [3.63, 3.8) is 0 Å². The number of hydrogen-bond donors (Lipinski definition) is 5. The number of hydrogen-bond acceptors (Lipinski definition) is 10. The first kappa shape index (κ1) is 18.8. The van der Waals surface area contributed by atoms with Crippen LogP contribution < -0.4 is 11.2 Å². The minimum absolute atomic E-state index is 0.366. The average Bonchev–Trinajstić information content (AvgIpc) is 2.87. The fourth-order valence-corrected chi connectivity index (χ4v) is 2.75. The van der Waals surface area contributed by atoms with Gasteiger partial charge in [0.1, 0.15) is 37.1 Å². The third-order valence-electron chi connectivity index (χ3n) is 4.21. The molecule has 26 heavy (non-hydrogen) atoms. The molecule has 0 unspecified atom stereocenters. The third-order valence-corrected chi connectivity index (χ3v) is 4.21. The number of H-pyrrole nitrogens is 1. The maximum Gasteiger partial charge on any atom is 0.330 e. The van der Waals surface area contributed by atoms with E-state index in [-0.39, 0.29) is 6.61 Å². The highest BCUT2D eigenvalue weighted by molar-refractivity contribution is 5.85. The zero-order chi connectivity index (χ0) is 19.0. The molecule has 0 aliphatic carbocycles. The molecule has 3 heterocycles. The molecule has 12 heteroatoms. The second-order valence-corrected chi connectivity index (χ2v) is 5.98. The number of nitrogens with zero attached hydrogens (tertiary/aromatic N) is 1. The topological polar surface area (TPSA) is 181 Å². The van der Waals surface area contributed by atoms with Gasteiger partial charge in [-0.25, -0.2) is 4.79 Å².